The smallest absolute Gasteiger partial charge is 0.237 e. The van der Waals surface area contributed by atoms with E-state index in [1.54, 1.807) is 11.9 Å². The van der Waals surface area contributed by atoms with Gasteiger partial charge in [-0.05, 0) is 67.2 Å². The van der Waals surface area contributed by atoms with Gasteiger partial charge in [0.25, 0.3) is 0 Å². The fourth-order valence-electron chi connectivity index (χ4n) is 4.20. The van der Waals surface area contributed by atoms with Crippen molar-refractivity contribution in [3.05, 3.63) is 15.5 Å². The van der Waals surface area contributed by atoms with Crippen LogP contribution in [0.3, 0.4) is 0 Å². The molecule has 2 atom stereocenters. The number of hydrogen-bond donors (Lipinski definition) is 1. The Morgan fingerprint density at radius 3 is 2.70 bits per heavy atom. The normalized spacial score (nSPS) is 32.2. The van der Waals surface area contributed by atoms with Crippen LogP contribution < -0.4 is 0 Å². The zero-order chi connectivity index (χ0) is 16.9. The van der Waals surface area contributed by atoms with Gasteiger partial charge in [-0.25, -0.2) is 0 Å². The number of hydrogen-bond acceptors (Lipinski definition) is 3. The SMILES string of the molecule is CC(C)n1nc(I)cc1C1C2CC(O)(CN(C)C(=O)CCl)CC21. The van der Waals surface area contributed by atoms with Crippen molar-refractivity contribution < 1.29 is 9.90 Å². The van der Waals surface area contributed by atoms with Crippen LogP contribution >= 0.6 is 34.2 Å². The lowest BCUT2D eigenvalue weighted by Gasteiger charge is -2.30. The second-order valence-electron chi connectivity index (χ2n) is 7.30. The second kappa shape index (κ2) is 6.19. The van der Waals surface area contributed by atoms with Crippen molar-refractivity contribution in [1.82, 2.24) is 14.7 Å². The summed E-state index contributed by atoms with van der Waals surface area (Å²) >= 11 is 7.85. The quantitative estimate of drug-likeness (QED) is 0.553. The molecule has 2 aliphatic rings. The topological polar surface area (TPSA) is 58.4 Å². The predicted octanol–water partition coefficient (Wildman–Crippen LogP) is 2.62. The molecule has 2 aliphatic carbocycles. The highest BCUT2D eigenvalue weighted by Crippen LogP contribution is 2.66. The van der Waals surface area contributed by atoms with Crippen molar-refractivity contribution >= 4 is 40.1 Å². The van der Waals surface area contributed by atoms with E-state index in [4.69, 9.17) is 11.6 Å². The van der Waals surface area contributed by atoms with Gasteiger partial charge >= 0.3 is 0 Å². The van der Waals surface area contributed by atoms with Crippen LogP contribution in [0.2, 0.25) is 0 Å². The molecule has 128 valence electrons. The van der Waals surface area contributed by atoms with E-state index < -0.39 is 5.60 Å². The number of nitrogens with zero attached hydrogens (tertiary/aromatic N) is 3. The van der Waals surface area contributed by atoms with Crippen molar-refractivity contribution in [2.24, 2.45) is 11.8 Å². The van der Waals surface area contributed by atoms with Crippen molar-refractivity contribution in [3.8, 4) is 0 Å². The molecule has 0 radical (unpaired) electrons. The summed E-state index contributed by atoms with van der Waals surface area (Å²) in [7, 11) is 1.71. The van der Waals surface area contributed by atoms with Gasteiger partial charge in [0.05, 0.1) is 5.60 Å². The van der Waals surface area contributed by atoms with Gasteiger partial charge < -0.3 is 10.0 Å². The summed E-state index contributed by atoms with van der Waals surface area (Å²) in [5.41, 5.74) is 0.532. The highest BCUT2D eigenvalue weighted by atomic mass is 127. The number of carbonyl (C=O) groups excluding carboxylic acids is 1. The molecule has 1 heterocycles. The summed E-state index contributed by atoms with van der Waals surface area (Å²) in [4.78, 5) is 13.2. The monoisotopic (exact) mass is 451 g/mol. The number of carbonyl (C=O) groups is 1. The summed E-state index contributed by atoms with van der Waals surface area (Å²) in [6.45, 7) is 4.67. The average molecular weight is 452 g/mol. The van der Waals surface area contributed by atoms with E-state index in [1.165, 1.54) is 5.69 Å². The van der Waals surface area contributed by atoms with Crippen LogP contribution in [0, 0.1) is 15.5 Å². The number of aromatic nitrogens is 2. The van der Waals surface area contributed by atoms with Crippen molar-refractivity contribution in [1.29, 1.82) is 0 Å². The molecule has 0 aromatic carbocycles. The van der Waals surface area contributed by atoms with Gasteiger partial charge in [0, 0.05) is 31.2 Å². The molecular weight excluding hydrogens is 429 g/mol. The molecule has 23 heavy (non-hydrogen) atoms. The molecule has 3 rings (SSSR count). The third-order valence-electron chi connectivity index (χ3n) is 5.20. The van der Waals surface area contributed by atoms with E-state index >= 15 is 0 Å². The Labute approximate surface area is 155 Å². The fraction of sp³-hybridized carbons (Fsp3) is 0.750. The number of aliphatic hydroxyl groups is 1. The number of fused-ring (bicyclic) bond motifs is 1. The van der Waals surface area contributed by atoms with Gasteiger partial charge in [0.2, 0.25) is 5.91 Å². The molecule has 0 bridgehead atoms. The van der Waals surface area contributed by atoms with E-state index in [2.05, 4.69) is 52.3 Å². The van der Waals surface area contributed by atoms with Crippen LogP contribution in [-0.4, -0.2) is 50.8 Å². The van der Waals surface area contributed by atoms with Crippen LogP contribution in [0.1, 0.15) is 44.3 Å². The van der Waals surface area contributed by atoms with Gasteiger partial charge in [0.15, 0.2) is 0 Å². The lowest BCUT2D eigenvalue weighted by atomic mass is 9.93. The molecule has 1 aromatic rings. The summed E-state index contributed by atoms with van der Waals surface area (Å²) in [5, 5.41) is 15.4. The number of rotatable bonds is 5. The van der Waals surface area contributed by atoms with E-state index in [9.17, 15) is 9.90 Å². The fourth-order valence-corrected chi connectivity index (χ4v) is 4.96. The molecule has 0 aliphatic heterocycles. The summed E-state index contributed by atoms with van der Waals surface area (Å²) < 4.78 is 3.14. The standard InChI is InChI=1S/C16H23ClIN3O2/c1-9(2)21-12(4-13(18)19-21)15-10-5-16(23,6-11(10)15)8-20(3)14(22)7-17/h4,9-11,15,23H,5-8H2,1-3H3. The molecule has 1 aromatic heterocycles. The molecule has 1 amide bonds. The third kappa shape index (κ3) is 3.26. The first-order valence-corrected chi connectivity index (χ1v) is 9.64. The molecule has 7 heteroatoms. The Morgan fingerprint density at radius 2 is 2.17 bits per heavy atom. The molecule has 2 saturated carbocycles. The maximum atomic E-state index is 11.6. The molecule has 0 saturated heterocycles. The highest BCUT2D eigenvalue weighted by molar-refractivity contribution is 14.1. The first-order valence-electron chi connectivity index (χ1n) is 8.03. The molecule has 1 N–H and O–H groups in total. The lowest BCUT2D eigenvalue weighted by Crippen LogP contribution is -2.43. The van der Waals surface area contributed by atoms with Gasteiger partial charge in [-0.15, -0.1) is 11.6 Å². The Morgan fingerprint density at radius 1 is 1.57 bits per heavy atom. The van der Waals surface area contributed by atoms with Crippen LogP contribution in [0.4, 0.5) is 0 Å². The average Bonchev–Trinajstić information content (AvgIpc) is 2.83. The zero-order valence-corrected chi connectivity index (χ0v) is 16.6. The zero-order valence-electron chi connectivity index (χ0n) is 13.7. The third-order valence-corrected chi connectivity index (χ3v) is 5.96. The minimum atomic E-state index is -0.766. The molecule has 0 spiro atoms. The van der Waals surface area contributed by atoms with E-state index in [0.29, 0.717) is 30.3 Å². The maximum absolute atomic E-state index is 11.6. The van der Waals surface area contributed by atoms with Crippen molar-refractivity contribution in [2.75, 3.05) is 19.5 Å². The molecule has 5 nitrogen and oxygen atoms in total. The minimum absolute atomic E-state index is 0.0337. The number of alkyl halides is 1. The Hall–Kier alpha value is -0.340. The van der Waals surface area contributed by atoms with Crippen molar-refractivity contribution in [3.63, 3.8) is 0 Å². The molecular formula is C16H23ClIN3O2. The van der Waals surface area contributed by atoms with Gasteiger partial charge in [-0.3, -0.25) is 9.48 Å². The van der Waals surface area contributed by atoms with Crippen LogP contribution in [0.25, 0.3) is 0 Å². The van der Waals surface area contributed by atoms with Gasteiger partial charge in [-0.2, -0.15) is 5.10 Å². The maximum Gasteiger partial charge on any atom is 0.237 e. The molecule has 2 fully saturated rings. The Bertz CT molecular complexity index is 606. The van der Waals surface area contributed by atoms with Gasteiger partial charge in [-0.1, -0.05) is 0 Å². The number of likely N-dealkylation sites (N-methyl/N-ethyl adjacent to an activating group) is 1. The number of halogens is 2. The van der Waals surface area contributed by atoms with E-state index in [-0.39, 0.29) is 11.8 Å². The summed E-state index contributed by atoms with van der Waals surface area (Å²) in [6, 6.07) is 2.52. The first kappa shape index (κ1) is 17.5. The van der Waals surface area contributed by atoms with Crippen LogP contribution in [0.5, 0.6) is 0 Å². The lowest BCUT2D eigenvalue weighted by molar-refractivity contribution is -0.130. The second-order valence-corrected chi connectivity index (χ2v) is 8.67. The molecule has 2 unspecified atom stereocenters. The highest BCUT2D eigenvalue weighted by Gasteiger charge is 2.62. The Balaban J connectivity index is 1.67. The predicted molar refractivity (Wildman–Crippen MR) is 97.6 cm³/mol. The first-order chi connectivity index (χ1) is 10.8. The van der Waals surface area contributed by atoms with Crippen LogP contribution in [-0.2, 0) is 4.79 Å². The van der Waals surface area contributed by atoms with Crippen molar-refractivity contribution in [2.45, 2.75) is 44.2 Å². The van der Waals surface area contributed by atoms with Crippen LogP contribution in [0.15, 0.2) is 6.07 Å². The Kier molecular flexibility index (Phi) is 4.70. The van der Waals surface area contributed by atoms with E-state index in [0.717, 1.165) is 16.5 Å². The summed E-state index contributed by atoms with van der Waals surface area (Å²) in [5.74, 6) is 1.34. The minimum Gasteiger partial charge on any atom is -0.388 e. The van der Waals surface area contributed by atoms with Gasteiger partial charge in [0.1, 0.15) is 9.58 Å². The summed E-state index contributed by atoms with van der Waals surface area (Å²) in [6.07, 6.45) is 1.50. The number of amides is 1. The van der Waals surface area contributed by atoms with E-state index in [1.807, 2.05) is 0 Å². The largest absolute Gasteiger partial charge is 0.388 e.